The number of hydrogen-bond donors (Lipinski definition) is 3. The lowest BCUT2D eigenvalue weighted by Crippen LogP contribution is -2.49. The van der Waals surface area contributed by atoms with Crippen LogP contribution in [0.15, 0.2) is 29.1 Å². The summed E-state index contributed by atoms with van der Waals surface area (Å²) in [6.07, 6.45) is 2.09. The molecule has 1 amide bonds. The number of carbonyl (C=O) groups is 1. The molecule has 0 atom stereocenters. The molecule has 0 radical (unpaired) electrons. The van der Waals surface area contributed by atoms with Gasteiger partial charge in [-0.1, -0.05) is 26.0 Å². The Labute approximate surface area is 152 Å². The molecule has 0 aliphatic rings. The smallest absolute Gasteiger partial charge is 0.258 e. The molecule has 2 rings (SSSR count). The molecule has 0 spiro atoms. The van der Waals surface area contributed by atoms with Gasteiger partial charge in [0.2, 0.25) is 5.91 Å². The molecular weight excluding hydrogens is 336 g/mol. The van der Waals surface area contributed by atoms with Gasteiger partial charge in [-0.3, -0.25) is 9.59 Å². The van der Waals surface area contributed by atoms with Crippen molar-refractivity contribution in [1.82, 2.24) is 15.3 Å². The van der Waals surface area contributed by atoms with Crippen molar-refractivity contribution in [3.8, 4) is 0 Å². The van der Waals surface area contributed by atoms with E-state index in [1.165, 1.54) is 0 Å². The first-order valence-electron chi connectivity index (χ1n) is 8.58. The summed E-state index contributed by atoms with van der Waals surface area (Å²) in [6, 6.07) is 7.26. The van der Waals surface area contributed by atoms with Crippen molar-refractivity contribution in [3.05, 3.63) is 40.4 Å². The van der Waals surface area contributed by atoms with Gasteiger partial charge in [0.1, 0.15) is 5.82 Å². The number of nitrogens with two attached hydrogens (primary N) is 1. The quantitative estimate of drug-likeness (QED) is 0.594. The molecular formula is C18H26N4O2S. The van der Waals surface area contributed by atoms with Crippen molar-refractivity contribution in [2.45, 2.75) is 44.4 Å². The Morgan fingerprint density at radius 2 is 2.04 bits per heavy atom. The third-order valence-corrected chi connectivity index (χ3v) is 5.39. The maximum Gasteiger partial charge on any atom is 0.258 e. The lowest BCUT2D eigenvalue weighted by atomic mass is 9.94. The Hall–Kier alpha value is -1.86. The molecule has 4 N–H and O–H groups in total. The van der Waals surface area contributed by atoms with Gasteiger partial charge in [-0.15, -0.1) is 0 Å². The fourth-order valence-electron chi connectivity index (χ4n) is 2.40. The van der Waals surface area contributed by atoms with Crippen molar-refractivity contribution in [2.24, 2.45) is 5.73 Å². The van der Waals surface area contributed by atoms with E-state index < -0.39 is 0 Å². The number of aromatic amines is 1. The van der Waals surface area contributed by atoms with Gasteiger partial charge in [0.15, 0.2) is 0 Å². The van der Waals surface area contributed by atoms with Gasteiger partial charge in [-0.25, -0.2) is 4.98 Å². The van der Waals surface area contributed by atoms with Gasteiger partial charge in [0.25, 0.3) is 5.56 Å². The highest BCUT2D eigenvalue weighted by Gasteiger charge is 2.20. The SMILES string of the molecule is CCC(N)(CC)CNC(=O)CCSCc1nc2ccccc2c(=O)[nH]1. The monoisotopic (exact) mass is 362 g/mol. The Balaban J connectivity index is 1.78. The van der Waals surface area contributed by atoms with E-state index in [9.17, 15) is 9.59 Å². The molecule has 0 aliphatic heterocycles. The second kappa shape index (κ2) is 9.01. The average molecular weight is 362 g/mol. The number of hydrogen-bond acceptors (Lipinski definition) is 5. The Bertz CT molecular complexity index is 771. The van der Waals surface area contributed by atoms with E-state index in [1.54, 1.807) is 17.8 Å². The first-order valence-corrected chi connectivity index (χ1v) is 9.74. The molecule has 1 aromatic heterocycles. The van der Waals surface area contributed by atoms with E-state index in [0.29, 0.717) is 41.2 Å². The summed E-state index contributed by atoms with van der Waals surface area (Å²) in [5, 5.41) is 3.50. The summed E-state index contributed by atoms with van der Waals surface area (Å²) in [6.45, 7) is 4.56. The second-order valence-electron chi connectivity index (χ2n) is 6.18. The maximum atomic E-state index is 12.0. The van der Waals surface area contributed by atoms with Crippen LogP contribution in [0.25, 0.3) is 10.9 Å². The minimum absolute atomic E-state index is 0.00388. The summed E-state index contributed by atoms with van der Waals surface area (Å²) >= 11 is 1.57. The van der Waals surface area contributed by atoms with Gasteiger partial charge in [0, 0.05) is 24.3 Å². The summed E-state index contributed by atoms with van der Waals surface area (Å²) in [5.41, 5.74) is 6.42. The molecule has 0 saturated carbocycles. The predicted octanol–water partition coefficient (Wildman–Crippen LogP) is 2.18. The van der Waals surface area contributed by atoms with Crippen LogP contribution in [0.4, 0.5) is 0 Å². The molecule has 0 bridgehead atoms. The van der Waals surface area contributed by atoms with Crippen LogP contribution in [0.2, 0.25) is 0 Å². The highest BCUT2D eigenvalue weighted by atomic mass is 32.2. The molecule has 6 nitrogen and oxygen atoms in total. The Morgan fingerprint density at radius 3 is 2.76 bits per heavy atom. The second-order valence-corrected chi connectivity index (χ2v) is 7.28. The van der Waals surface area contributed by atoms with Gasteiger partial charge in [0.05, 0.1) is 16.7 Å². The number of H-pyrrole nitrogens is 1. The largest absolute Gasteiger partial charge is 0.354 e. The Kier molecular flexibility index (Phi) is 7.01. The topological polar surface area (TPSA) is 101 Å². The predicted molar refractivity (Wildman–Crippen MR) is 104 cm³/mol. The van der Waals surface area contributed by atoms with Gasteiger partial charge in [-0.05, 0) is 25.0 Å². The van der Waals surface area contributed by atoms with Gasteiger partial charge >= 0.3 is 0 Å². The van der Waals surface area contributed by atoms with Crippen molar-refractivity contribution in [1.29, 1.82) is 0 Å². The molecule has 0 fully saturated rings. The summed E-state index contributed by atoms with van der Waals surface area (Å²) in [7, 11) is 0. The van der Waals surface area contributed by atoms with Crippen molar-refractivity contribution < 1.29 is 4.79 Å². The van der Waals surface area contributed by atoms with E-state index >= 15 is 0 Å². The zero-order chi connectivity index (χ0) is 18.3. The number of nitrogens with zero attached hydrogens (tertiary/aromatic N) is 1. The van der Waals surface area contributed by atoms with Gasteiger partial charge in [-0.2, -0.15) is 11.8 Å². The average Bonchev–Trinajstić information content (AvgIpc) is 2.63. The van der Waals surface area contributed by atoms with E-state index in [4.69, 9.17) is 5.73 Å². The summed E-state index contributed by atoms with van der Waals surface area (Å²) in [5.74, 6) is 1.87. The van der Waals surface area contributed by atoms with Crippen LogP contribution in [-0.2, 0) is 10.5 Å². The fraction of sp³-hybridized carbons (Fsp3) is 0.500. The molecule has 0 saturated heterocycles. The lowest BCUT2D eigenvalue weighted by molar-refractivity contribution is -0.120. The van der Waals surface area contributed by atoms with Crippen LogP contribution < -0.4 is 16.6 Å². The number of carbonyl (C=O) groups excluding carboxylic acids is 1. The van der Waals surface area contributed by atoms with Crippen LogP contribution in [0.1, 0.15) is 38.9 Å². The highest BCUT2D eigenvalue weighted by Crippen LogP contribution is 2.13. The van der Waals surface area contributed by atoms with Gasteiger partial charge < -0.3 is 16.0 Å². The molecule has 136 valence electrons. The first-order chi connectivity index (χ1) is 12.0. The van der Waals surface area contributed by atoms with Crippen molar-refractivity contribution in [2.75, 3.05) is 12.3 Å². The number of nitrogens with one attached hydrogen (secondary N) is 2. The number of thioether (sulfide) groups is 1. The number of rotatable bonds is 9. The van der Waals surface area contributed by atoms with E-state index in [1.807, 2.05) is 32.0 Å². The summed E-state index contributed by atoms with van der Waals surface area (Å²) < 4.78 is 0. The molecule has 2 aromatic rings. The zero-order valence-corrected chi connectivity index (χ0v) is 15.6. The number of amides is 1. The van der Waals surface area contributed by atoms with Crippen LogP contribution >= 0.6 is 11.8 Å². The molecule has 0 aliphatic carbocycles. The van der Waals surface area contributed by atoms with E-state index in [-0.39, 0.29) is 17.0 Å². The third kappa shape index (κ3) is 5.57. The lowest BCUT2D eigenvalue weighted by Gasteiger charge is -2.26. The van der Waals surface area contributed by atoms with Crippen LogP contribution in [0.5, 0.6) is 0 Å². The fourth-order valence-corrected chi connectivity index (χ4v) is 3.20. The molecule has 0 unspecified atom stereocenters. The number of benzene rings is 1. The number of aromatic nitrogens is 2. The van der Waals surface area contributed by atoms with Crippen LogP contribution in [0, 0.1) is 0 Å². The molecule has 25 heavy (non-hydrogen) atoms. The highest BCUT2D eigenvalue weighted by molar-refractivity contribution is 7.98. The minimum Gasteiger partial charge on any atom is -0.354 e. The maximum absolute atomic E-state index is 12.0. The molecule has 1 aromatic carbocycles. The van der Waals surface area contributed by atoms with E-state index in [0.717, 1.165) is 12.8 Å². The number of para-hydroxylation sites is 1. The van der Waals surface area contributed by atoms with Crippen molar-refractivity contribution >= 4 is 28.6 Å². The van der Waals surface area contributed by atoms with E-state index in [2.05, 4.69) is 15.3 Å². The van der Waals surface area contributed by atoms with Crippen LogP contribution in [-0.4, -0.2) is 33.7 Å². The van der Waals surface area contributed by atoms with Crippen molar-refractivity contribution in [3.63, 3.8) is 0 Å². The third-order valence-electron chi connectivity index (χ3n) is 4.42. The van der Waals surface area contributed by atoms with Crippen LogP contribution in [0.3, 0.4) is 0 Å². The zero-order valence-electron chi connectivity index (χ0n) is 14.8. The minimum atomic E-state index is -0.322. The normalized spacial score (nSPS) is 11.6. The molecule has 1 heterocycles. The summed E-state index contributed by atoms with van der Waals surface area (Å²) in [4.78, 5) is 31.1. The molecule has 7 heteroatoms. The standard InChI is InChI=1S/C18H26N4O2S/c1-3-18(19,4-2)12-20-16(23)9-10-25-11-15-21-14-8-6-5-7-13(14)17(24)22-15/h5-8H,3-4,9-12,19H2,1-2H3,(H,20,23)(H,21,22,24). The first kappa shape index (κ1) is 19.5. The Morgan fingerprint density at radius 1 is 1.32 bits per heavy atom. The number of fused-ring (bicyclic) bond motifs is 1.